The molecule has 0 aliphatic heterocycles. The summed E-state index contributed by atoms with van der Waals surface area (Å²) in [5.74, 6) is -0.789. The van der Waals surface area contributed by atoms with E-state index in [1.807, 2.05) is 30.3 Å². The maximum atomic E-state index is 11.7. The predicted octanol–water partition coefficient (Wildman–Crippen LogP) is 2.92. The Bertz CT molecular complexity index is 348. The second kappa shape index (κ2) is 7.88. The lowest BCUT2D eigenvalue weighted by molar-refractivity contribution is -0.153. The van der Waals surface area contributed by atoms with Gasteiger partial charge >= 0.3 is 5.97 Å². The highest BCUT2D eigenvalue weighted by Crippen LogP contribution is 2.13. The molecule has 3 heteroatoms. The monoisotopic (exact) mass is 250 g/mol. The Morgan fingerprint density at radius 2 is 2.00 bits per heavy atom. The van der Waals surface area contributed by atoms with Gasteiger partial charge in [0.15, 0.2) is 0 Å². The summed E-state index contributed by atoms with van der Waals surface area (Å²) in [5, 5.41) is 9.82. The lowest BCUT2D eigenvalue weighted by Gasteiger charge is -2.17. The van der Waals surface area contributed by atoms with Crippen molar-refractivity contribution < 1.29 is 14.6 Å². The van der Waals surface area contributed by atoms with Crippen LogP contribution in [0.5, 0.6) is 0 Å². The molecule has 100 valence electrons. The van der Waals surface area contributed by atoms with E-state index in [-0.39, 0.29) is 12.6 Å². The number of esters is 1. The highest BCUT2D eigenvalue weighted by Gasteiger charge is 2.22. The van der Waals surface area contributed by atoms with Crippen LogP contribution in [0.1, 0.15) is 38.7 Å². The Labute approximate surface area is 109 Å². The molecule has 1 N–H and O–H groups in total. The molecule has 0 amide bonds. The summed E-state index contributed by atoms with van der Waals surface area (Å²) in [6, 6.07) is 9.55. The Morgan fingerprint density at radius 1 is 1.33 bits per heavy atom. The Kier molecular flexibility index (Phi) is 6.44. The maximum Gasteiger partial charge on any atom is 0.311 e. The minimum atomic E-state index is -0.603. The molecule has 0 aliphatic carbocycles. The third-order valence-electron chi connectivity index (χ3n) is 3.03. The summed E-state index contributed by atoms with van der Waals surface area (Å²) in [4.78, 5) is 11.7. The van der Waals surface area contributed by atoms with Crippen LogP contribution in [0.25, 0.3) is 0 Å². The van der Waals surface area contributed by atoms with E-state index in [0.717, 1.165) is 18.4 Å². The first kappa shape index (κ1) is 14.7. The number of ether oxygens (including phenoxy) is 1. The van der Waals surface area contributed by atoms with Crippen LogP contribution in [0.2, 0.25) is 0 Å². The number of aliphatic hydroxyl groups excluding tert-OH is 1. The first-order valence-corrected chi connectivity index (χ1v) is 6.53. The minimum Gasteiger partial charge on any atom is -0.461 e. The van der Waals surface area contributed by atoms with Crippen molar-refractivity contribution in [3.63, 3.8) is 0 Å². The molecule has 0 bridgehead atoms. The zero-order valence-corrected chi connectivity index (χ0v) is 11.1. The molecule has 0 aromatic heterocycles. The molecule has 1 rings (SSSR count). The molecule has 1 aromatic carbocycles. The molecule has 0 saturated heterocycles. The first-order valence-electron chi connectivity index (χ1n) is 6.53. The number of carbonyl (C=O) groups excluding carboxylic acids is 1. The molecule has 18 heavy (non-hydrogen) atoms. The summed E-state index contributed by atoms with van der Waals surface area (Å²) in [7, 11) is 0. The van der Waals surface area contributed by atoms with Gasteiger partial charge in [-0.05, 0) is 18.9 Å². The Balaban J connectivity index is 2.36. The van der Waals surface area contributed by atoms with Crippen LogP contribution in [-0.2, 0) is 16.1 Å². The summed E-state index contributed by atoms with van der Waals surface area (Å²) < 4.78 is 5.19. The minimum absolute atomic E-state index is 0.268. The van der Waals surface area contributed by atoms with E-state index in [9.17, 15) is 9.90 Å². The van der Waals surface area contributed by atoms with Crippen LogP contribution in [0.3, 0.4) is 0 Å². The van der Waals surface area contributed by atoms with E-state index in [1.54, 1.807) is 6.92 Å². The lowest BCUT2D eigenvalue weighted by Crippen LogP contribution is -2.27. The van der Waals surface area contributed by atoms with Crippen molar-refractivity contribution in [1.82, 2.24) is 0 Å². The SMILES string of the molecule is CCCC[C@H](O)[C@@H](C)C(=O)OCc1ccccc1. The topological polar surface area (TPSA) is 46.5 Å². The number of hydrogen-bond donors (Lipinski definition) is 1. The van der Waals surface area contributed by atoms with Crippen molar-refractivity contribution in [3.8, 4) is 0 Å². The first-order chi connectivity index (χ1) is 8.65. The van der Waals surface area contributed by atoms with E-state index >= 15 is 0 Å². The molecule has 0 saturated carbocycles. The van der Waals surface area contributed by atoms with Gasteiger partial charge in [-0.2, -0.15) is 0 Å². The van der Waals surface area contributed by atoms with Gasteiger partial charge in [-0.3, -0.25) is 4.79 Å². The highest BCUT2D eigenvalue weighted by molar-refractivity contribution is 5.72. The average Bonchev–Trinajstić information content (AvgIpc) is 2.42. The van der Waals surface area contributed by atoms with Gasteiger partial charge in [-0.1, -0.05) is 50.1 Å². The smallest absolute Gasteiger partial charge is 0.311 e. The molecule has 0 spiro atoms. The van der Waals surface area contributed by atoms with Gasteiger partial charge in [-0.15, -0.1) is 0 Å². The van der Waals surface area contributed by atoms with E-state index in [1.165, 1.54) is 0 Å². The van der Waals surface area contributed by atoms with Crippen molar-refractivity contribution >= 4 is 5.97 Å². The maximum absolute atomic E-state index is 11.7. The van der Waals surface area contributed by atoms with Crippen LogP contribution < -0.4 is 0 Å². The van der Waals surface area contributed by atoms with Gasteiger partial charge in [0.05, 0.1) is 12.0 Å². The molecular formula is C15H22O3. The number of hydrogen-bond acceptors (Lipinski definition) is 3. The molecule has 0 unspecified atom stereocenters. The van der Waals surface area contributed by atoms with Crippen molar-refractivity contribution in [1.29, 1.82) is 0 Å². The normalized spacial score (nSPS) is 13.9. The van der Waals surface area contributed by atoms with Gasteiger partial charge in [-0.25, -0.2) is 0 Å². The fourth-order valence-electron chi connectivity index (χ4n) is 1.68. The summed E-state index contributed by atoms with van der Waals surface area (Å²) in [5.41, 5.74) is 0.959. The molecule has 0 aliphatic rings. The van der Waals surface area contributed by atoms with Crippen molar-refractivity contribution in [2.75, 3.05) is 0 Å². The van der Waals surface area contributed by atoms with Gasteiger partial charge in [0.1, 0.15) is 6.61 Å². The third kappa shape index (κ3) is 4.88. The van der Waals surface area contributed by atoms with Crippen molar-refractivity contribution in [2.45, 2.75) is 45.8 Å². The molecule has 2 atom stereocenters. The molecule has 0 radical (unpaired) electrons. The number of unbranched alkanes of at least 4 members (excludes halogenated alkanes) is 1. The zero-order valence-electron chi connectivity index (χ0n) is 11.1. The number of carbonyl (C=O) groups is 1. The van der Waals surface area contributed by atoms with E-state index in [2.05, 4.69) is 6.92 Å². The fourth-order valence-corrected chi connectivity index (χ4v) is 1.68. The van der Waals surface area contributed by atoms with Crippen molar-refractivity contribution in [3.05, 3.63) is 35.9 Å². The van der Waals surface area contributed by atoms with Crippen LogP contribution in [0, 0.1) is 5.92 Å². The highest BCUT2D eigenvalue weighted by atomic mass is 16.5. The average molecular weight is 250 g/mol. The Morgan fingerprint density at radius 3 is 2.61 bits per heavy atom. The van der Waals surface area contributed by atoms with Gasteiger partial charge in [0.2, 0.25) is 0 Å². The van der Waals surface area contributed by atoms with E-state index < -0.39 is 12.0 Å². The van der Waals surface area contributed by atoms with Crippen LogP contribution >= 0.6 is 0 Å². The number of rotatable bonds is 7. The lowest BCUT2D eigenvalue weighted by atomic mass is 10.00. The fraction of sp³-hybridized carbons (Fsp3) is 0.533. The van der Waals surface area contributed by atoms with Gasteiger partial charge < -0.3 is 9.84 Å². The summed E-state index contributed by atoms with van der Waals surface area (Å²) in [6.45, 7) is 4.04. The second-order valence-electron chi connectivity index (χ2n) is 4.59. The number of aliphatic hydroxyl groups is 1. The zero-order chi connectivity index (χ0) is 13.4. The van der Waals surface area contributed by atoms with Crippen molar-refractivity contribution in [2.24, 2.45) is 5.92 Å². The summed E-state index contributed by atoms with van der Waals surface area (Å²) in [6.07, 6.45) is 1.99. The predicted molar refractivity (Wildman–Crippen MR) is 70.9 cm³/mol. The van der Waals surface area contributed by atoms with E-state index in [4.69, 9.17) is 4.74 Å². The molecular weight excluding hydrogens is 228 g/mol. The molecule has 0 heterocycles. The van der Waals surface area contributed by atoms with E-state index in [0.29, 0.717) is 6.42 Å². The van der Waals surface area contributed by atoms with Gasteiger partial charge in [0.25, 0.3) is 0 Å². The number of benzene rings is 1. The molecule has 3 nitrogen and oxygen atoms in total. The Hall–Kier alpha value is -1.35. The molecule has 1 aromatic rings. The summed E-state index contributed by atoms with van der Waals surface area (Å²) >= 11 is 0. The van der Waals surface area contributed by atoms with Crippen LogP contribution in [0.15, 0.2) is 30.3 Å². The third-order valence-corrected chi connectivity index (χ3v) is 3.03. The molecule has 0 fully saturated rings. The largest absolute Gasteiger partial charge is 0.461 e. The van der Waals surface area contributed by atoms with Crippen LogP contribution in [-0.4, -0.2) is 17.2 Å². The van der Waals surface area contributed by atoms with Gasteiger partial charge in [0, 0.05) is 0 Å². The second-order valence-corrected chi connectivity index (χ2v) is 4.59. The van der Waals surface area contributed by atoms with Crippen LogP contribution in [0.4, 0.5) is 0 Å². The standard InChI is InChI=1S/C15H22O3/c1-3-4-10-14(16)12(2)15(17)18-11-13-8-6-5-7-9-13/h5-9,12,14,16H,3-4,10-11H2,1-2H3/t12-,14+/m1/s1. The quantitative estimate of drug-likeness (QED) is 0.757.